The van der Waals surface area contributed by atoms with E-state index >= 15 is 0 Å². The van der Waals surface area contributed by atoms with Crippen molar-refractivity contribution in [3.8, 4) is 0 Å². The Hall–Kier alpha value is -1.59. The van der Waals surface area contributed by atoms with Crippen LogP contribution >= 0.6 is 0 Å². The molecule has 0 aromatic carbocycles. The van der Waals surface area contributed by atoms with Crippen molar-refractivity contribution in [2.75, 3.05) is 13.2 Å². The lowest BCUT2D eigenvalue weighted by Crippen LogP contribution is -2.30. The molecule has 3 atom stereocenters. The van der Waals surface area contributed by atoms with E-state index in [2.05, 4.69) is 0 Å². The van der Waals surface area contributed by atoms with Gasteiger partial charge in [0, 0.05) is 5.92 Å². The quantitative estimate of drug-likeness (QED) is 0.503. The Morgan fingerprint density at radius 1 is 1.13 bits per heavy atom. The van der Waals surface area contributed by atoms with Crippen LogP contribution in [-0.2, 0) is 28.6 Å². The van der Waals surface area contributed by atoms with Crippen molar-refractivity contribution in [2.24, 2.45) is 17.3 Å². The molecule has 1 aliphatic rings. The minimum atomic E-state index is -0.629. The van der Waals surface area contributed by atoms with Crippen molar-refractivity contribution in [1.82, 2.24) is 0 Å². The molecule has 23 heavy (non-hydrogen) atoms. The number of carbonyl (C=O) groups excluding carboxylic acids is 3. The molecule has 0 aliphatic carbocycles. The number of hydrogen-bond donors (Lipinski definition) is 0. The number of esters is 3. The normalized spacial score (nSPS) is 24.2. The molecule has 132 valence electrons. The minimum Gasteiger partial charge on any atom is -0.459 e. The van der Waals surface area contributed by atoms with E-state index in [1.807, 2.05) is 20.8 Å². The highest BCUT2D eigenvalue weighted by Gasteiger charge is 2.42. The fourth-order valence-corrected chi connectivity index (χ4v) is 2.61. The summed E-state index contributed by atoms with van der Waals surface area (Å²) in [7, 11) is 0. The van der Waals surface area contributed by atoms with Gasteiger partial charge in [-0.25, -0.2) is 4.79 Å². The molecule has 6 nitrogen and oxygen atoms in total. The lowest BCUT2D eigenvalue weighted by Gasteiger charge is -2.20. The zero-order valence-electron chi connectivity index (χ0n) is 14.7. The predicted octanol–water partition coefficient (Wildman–Crippen LogP) is 2.49. The maximum Gasteiger partial charge on any atom is 0.344 e. The van der Waals surface area contributed by atoms with E-state index in [4.69, 9.17) is 14.2 Å². The molecule has 0 aromatic rings. The first-order valence-corrected chi connectivity index (χ1v) is 8.30. The molecule has 0 amide bonds. The van der Waals surface area contributed by atoms with Gasteiger partial charge in [-0.15, -0.1) is 0 Å². The second-order valence-corrected chi connectivity index (χ2v) is 6.56. The SMILES string of the molecule is CCC1C(=O)OC(COC(=O)COC(=O)C(C)(C)CC)C1CC. The Bertz CT molecular complexity index is 442. The van der Waals surface area contributed by atoms with Crippen molar-refractivity contribution in [2.45, 2.75) is 60.0 Å². The number of rotatable bonds is 8. The van der Waals surface area contributed by atoms with Gasteiger partial charge in [0.15, 0.2) is 6.61 Å². The Morgan fingerprint density at radius 2 is 1.78 bits per heavy atom. The minimum absolute atomic E-state index is 0.00824. The van der Waals surface area contributed by atoms with Crippen molar-refractivity contribution < 1.29 is 28.6 Å². The summed E-state index contributed by atoms with van der Waals surface area (Å²) < 4.78 is 15.4. The highest BCUT2D eigenvalue weighted by atomic mass is 16.6. The summed E-state index contributed by atoms with van der Waals surface area (Å²) in [4.78, 5) is 35.2. The van der Waals surface area contributed by atoms with Gasteiger partial charge in [0.1, 0.15) is 12.7 Å². The summed E-state index contributed by atoms with van der Waals surface area (Å²) in [5.74, 6) is -1.36. The molecule has 1 heterocycles. The summed E-state index contributed by atoms with van der Waals surface area (Å²) in [5, 5.41) is 0. The fourth-order valence-electron chi connectivity index (χ4n) is 2.61. The fraction of sp³-hybridized carbons (Fsp3) is 0.824. The maximum atomic E-state index is 11.8. The third kappa shape index (κ3) is 4.94. The molecule has 0 saturated carbocycles. The molecule has 0 bridgehead atoms. The smallest absolute Gasteiger partial charge is 0.344 e. The number of hydrogen-bond acceptors (Lipinski definition) is 6. The average Bonchev–Trinajstić information content (AvgIpc) is 2.84. The van der Waals surface area contributed by atoms with Crippen LogP contribution in [0.4, 0.5) is 0 Å². The summed E-state index contributed by atoms with van der Waals surface area (Å²) in [6.45, 7) is 8.91. The Labute approximate surface area is 137 Å². The number of cyclic esters (lactones) is 1. The molecule has 1 aliphatic heterocycles. The highest BCUT2D eigenvalue weighted by Crippen LogP contribution is 2.33. The first kappa shape index (κ1) is 19.5. The van der Waals surface area contributed by atoms with Crippen molar-refractivity contribution >= 4 is 17.9 Å². The molecule has 0 spiro atoms. The lowest BCUT2D eigenvalue weighted by molar-refractivity contribution is -0.167. The van der Waals surface area contributed by atoms with Gasteiger partial charge < -0.3 is 14.2 Å². The third-order valence-corrected chi connectivity index (χ3v) is 4.64. The Balaban J connectivity index is 2.42. The van der Waals surface area contributed by atoms with E-state index < -0.39 is 30.1 Å². The van der Waals surface area contributed by atoms with E-state index in [9.17, 15) is 14.4 Å². The molecule has 0 aromatic heterocycles. The molecule has 3 unspecified atom stereocenters. The van der Waals surface area contributed by atoms with Crippen LogP contribution in [0.3, 0.4) is 0 Å². The van der Waals surface area contributed by atoms with Gasteiger partial charge in [-0.05, 0) is 33.1 Å². The zero-order chi connectivity index (χ0) is 17.6. The van der Waals surface area contributed by atoms with Crippen molar-refractivity contribution in [3.63, 3.8) is 0 Å². The molecule has 1 saturated heterocycles. The molecule has 0 N–H and O–H groups in total. The summed E-state index contributed by atoms with van der Waals surface area (Å²) in [6, 6.07) is 0. The van der Waals surface area contributed by atoms with Crippen LogP contribution in [0.5, 0.6) is 0 Å². The monoisotopic (exact) mass is 328 g/mol. The average molecular weight is 328 g/mol. The van der Waals surface area contributed by atoms with Gasteiger partial charge in [0.25, 0.3) is 0 Å². The van der Waals surface area contributed by atoms with Gasteiger partial charge in [-0.3, -0.25) is 9.59 Å². The number of carbonyl (C=O) groups is 3. The van der Waals surface area contributed by atoms with Gasteiger partial charge in [-0.1, -0.05) is 20.8 Å². The van der Waals surface area contributed by atoms with E-state index in [-0.39, 0.29) is 24.4 Å². The topological polar surface area (TPSA) is 78.9 Å². The Kier molecular flexibility index (Phi) is 7.03. The van der Waals surface area contributed by atoms with E-state index in [0.29, 0.717) is 12.8 Å². The second kappa shape index (κ2) is 8.31. The van der Waals surface area contributed by atoms with Crippen molar-refractivity contribution in [1.29, 1.82) is 0 Å². The molecule has 1 fully saturated rings. The summed E-state index contributed by atoms with van der Waals surface area (Å²) in [6.07, 6.45) is 1.71. The van der Waals surface area contributed by atoms with E-state index in [0.717, 1.165) is 6.42 Å². The highest BCUT2D eigenvalue weighted by molar-refractivity contribution is 5.80. The predicted molar refractivity (Wildman–Crippen MR) is 83.4 cm³/mol. The van der Waals surface area contributed by atoms with Crippen LogP contribution in [0.15, 0.2) is 0 Å². The molecule has 0 radical (unpaired) electrons. The van der Waals surface area contributed by atoms with Crippen LogP contribution in [0.25, 0.3) is 0 Å². The zero-order valence-corrected chi connectivity index (χ0v) is 14.7. The van der Waals surface area contributed by atoms with Gasteiger partial charge >= 0.3 is 17.9 Å². The van der Waals surface area contributed by atoms with Crippen molar-refractivity contribution in [3.05, 3.63) is 0 Å². The molecule has 1 rings (SSSR count). The van der Waals surface area contributed by atoms with E-state index in [1.54, 1.807) is 13.8 Å². The third-order valence-electron chi connectivity index (χ3n) is 4.64. The van der Waals surface area contributed by atoms with Crippen LogP contribution in [0, 0.1) is 17.3 Å². The number of ether oxygens (including phenoxy) is 3. The molecular weight excluding hydrogens is 300 g/mol. The molecular formula is C17H28O6. The first-order valence-electron chi connectivity index (χ1n) is 8.30. The van der Waals surface area contributed by atoms with Crippen LogP contribution < -0.4 is 0 Å². The first-order chi connectivity index (χ1) is 10.8. The molecule has 6 heteroatoms. The van der Waals surface area contributed by atoms with Gasteiger partial charge in [0.05, 0.1) is 11.3 Å². The second-order valence-electron chi connectivity index (χ2n) is 6.56. The van der Waals surface area contributed by atoms with Crippen LogP contribution in [0.2, 0.25) is 0 Å². The van der Waals surface area contributed by atoms with Gasteiger partial charge in [0.2, 0.25) is 0 Å². The van der Waals surface area contributed by atoms with Crippen LogP contribution in [-0.4, -0.2) is 37.2 Å². The largest absolute Gasteiger partial charge is 0.459 e. The van der Waals surface area contributed by atoms with Crippen LogP contribution in [0.1, 0.15) is 53.9 Å². The lowest BCUT2D eigenvalue weighted by atomic mass is 9.87. The maximum absolute atomic E-state index is 11.8. The summed E-state index contributed by atoms with van der Waals surface area (Å²) >= 11 is 0. The summed E-state index contributed by atoms with van der Waals surface area (Å²) in [5.41, 5.74) is -0.622. The Morgan fingerprint density at radius 3 is 2.30 bits per heavy atom. The van der Waals surface area contributed by atoms with E-state index in [1.165, 1.54) is 0 Å². The van der Waals surface area contributed by atoms with Gasteiger partial charge in [-0.2, -0.15) is 0 Å². The standard InChI is InChI=1S/C17H28O6/c1-6-11-12(7-2)15(19)23-13(11)9-21-14(18)10-22-16(20)17(4,5)8-3/h11-13H,6-10H2,1-5H3.